The lowest BCUT2D eigenvalue weighted by atomic mass is 9.91. The fourth-order valence-electron chi connectivity index (χ4n) is 3.30. The first kappa shape index (κ1) is 17.4. The second-order valence-electron chi connectivity index (χ2n) is 7.71. The van der Waals surface area contributed by atoms with E-state index in [1.807, 2.05) is 56.0 Å². The molecule has 1 atom stereocenters. The molecule has 132 valence electrons. The maximum atomic E-state index is 12.8. The van der Waals surface area contributed by atoms with Crippen LogP contribution in [0.25, 0.3) is 10.9 Å². The van der Waals surface area contributed by atoms with Crippen molar-refractivity contribution in [1.82, 2.24) is 9.88 Å². The van der Waals surface area contributed by atoms with E-state index in [1.165, 1.54) is 0 Å². The predicted octanol–water partition coefficient (Wildman–Crippen LogP) is 3.46. The molecule has 1 fully saturated rings. The second-order valence-corrected chi connectivity index (χ2v) is 7.71. The topological polar surface area (TPSA) is 62.3 Å². The van der Waals surface area contributed by atoms with Gasteiger partial charge in [-0.15, -0.1) is 0 Å². The van der Waals surface area contributed by atoms with Gasteiger partial charge < -0.3 is 10.2 Å². The van der Waals surface area contributed by atoms with Crippen LogP contribution in [0.15, 0.2) is 36.5 Å². The lowest BCUT2D eigenvalue weighted by molar-refractivity contribution is -0.142. The Labute approximate surface area is 148 Å². The van der Waals surface area contributed by atoms with E-state index < -0.39 is 5.41 Å². The molecule has 1 N–H and O–H groups in total. The van der Waals surface area contributed by atoms with Crippen molar-refractivity contribution in [1.29, 1.82) is 0 Å². The minimum Gasteiger partial charge on any atom is -0.341 e. The Morgan fingerprint density at radius 2 is 2.00 bits per heavy atom. The molecule has 0 spiro atoms. The molecule has 0 saturated carbocycles. The lowest BCUT2D eigenvalue weighted by Gasteiger charge is -2.35. The van der Waals surface area contributed by atoms with Crippen LogP contribution in [-0.2, 0) is 9.59 Å². The standard InChI is InChI=1S/C20H25N3O2/c1-20(2,3)19(25)23-12-6-7-14(13-23)18(24)22-17-10-4-9-16-15(17)8-5-11-21-16/h4-5,8-11,14H,6-7,12-13H2,1-3H3,(H,22,24). The van der Waals surface area contributed by atoms with Gasteiger partial charge in [0.1, 0.15) is 0 Å². The Kier molecular flexibility index (Phi) is 4.75. The number of piperidine rings is 1. The Morgan fingerprint density at radius 1 is 1.20 bits per heavy atom. The van der Waals surface area contributed by atoms with Crippen molar-refractivity contribution in [3.05, 3.63) is 36.5 Å². The van der Waals surface area contributed by atoms with Gasteiger partial charge in [-0.25, -0.2) is 0 Å². The monoisotopic (exact) mass is 339 g/mol. The van der Waals surface area contributed by atoms with Crippen molar-refractivity contribution in [3.63, 3.8) is 0 Å². The largest absolute Gasteiger partial charge is 0.341 e. The lowest BCUT2D eigenvalue weighted by Crippen LogP contribution is -2.47. The maximum Gasteiger partial charge on any atom is 0.229 e. The quantitative estimate of drug-likeness (QED) is 0.911. The molecule has 1 aromatic heterocycles. The van der Waals surface area contributed by atoms with Crippen LogP contribution in [0.5, 0.6) is 0 Å². The first-order chi connectivity index (χ1) is 11.9. The second kappa shape index (κ2) is 6.82. The number of pyridine rings is 1. The average Bonchev–Trinajstić information content (AvgIpc) is 2.60. The van der Waals surface area contributed by atoms with Crippen LogP contribution < -0.4 is 5.32 Å². The van der Waals surface area contributed by atoms with Crippen LogP contribution in [0, 0.1) is 11.3 Å². The zero-order valence-electron chi connectivity index (χ0n) is 15.1. The molecule has 2 aromatic rings. The van der Waals surface area contributed by atoms with E-state index in [0.717, 1.165) is 36.0 Å². The number of hydrogen-bond acceptors (Lipinski definition) is 3. The normalized spacial score (nSPS) is 18.2. The number of amides is 2. The molecule has 0 bridgehead atoms. The Morgan fingerprint density at radius 3 is 2.76 bits per heavy atom. The molecule has 0 radical (unpaired) electrons. The third kappa shape index (κ3) is 3.81. The van der Waals surface area contributed by atoms with Gasteiger partial charge in [-0.05, 0) is 37.1 Å². The molecule has 0 aliphatic carbocycles. The molecule has 2 heterocycles. The van der Waals surface area contributed by atoms with Gasteiger partial charge in [0.15, 0.2) is 0 Å². The van der Waals surface area contributed by atoms with Crippen LogP contribution >= 0.6 is 0 Å². The molecule has 1 unspecified atom stereocenters. The van der Waals surface area contributed by atoms with Crippen LogP contribution in [0.1, 0.15) is 33.6 Å². The molecular formula is C20H25N3O2. The maximum absolute atomic E-state index is 12.8. The predicted molar refractivity (Wildman–Crippen MR) is 99.1 cm³/mol. The number of rotatable bonds is 2. The highest BCUT2D eigenvalue weighted by Gasteiger charge is 2.33. The van der Waals surface area contributed by atoms with Crippen molar-refractivity contribution in [2.75, 3.05) is 18.4 Å². The number of anilines is 1. The van der Waals surface area contributed by atoms with E-state index in [1.54, 1.807) is 6.20 Å². The van der Waals surface area contributed by atoms with Crippen molar-refractivity contribution in [2.24, 2.45) is 11.3 Å². The Bertz CT molecular complexity index is 790. The Balaban J connectivity index is 1.73. The van der Waals surface area contributed by atoms with Gasteiger partial charge in [0.2, 0.25) is 11.8 Å². The summed E-state index contributed by atoms with van der Waals surface area (Å²) in [5.41, 5.74) is 1.21. The van der Waals surface area contributed by atoms with Crippen LogP contribution in [0.3, 0.4) is 0 Å². The Hall–Kier alpha value is -2.43. The summed E-state index contributed by atoms with van der Waals surface area (Å²) in [6.07, 6.45) is 3.41. The minimum atomic E-state index is -0.417. The van der Waals surface area contributed by atoms with Crippen molar-refractivity contribution < 1.29 is 9.59 Å². The number of likely N-dealkylation sites (tertiary alicyclic amines) is 1. The molecule has 5 heteroatoms. The fraction of sp³-hybridized carbons (Fsp3) is 0.450. The number of aromatic nitrogens is 1. The number of carbonyl (C=O) groups is 2. The molecule has 5 nitrogen and oxygen atoms in total. The highest BCUT2D eigenvalue weighted by Crippen LogP contribution is 2.26. The zero-order chi connectivity index (χ0) is 18.0. The number of carbonyl (C=O) groups excluding carboxylic acids is 2. The summed E-state index contributed by atoms with van der Waals surface area (Å²) in [4.78, 5) is 31.4. The van der Waals surface area contributed by atoms with Gasteiger partial charge in [-0.2, -0.15) is 0 Å². The van der Waals surface area contributed by atoms with Gasteiger partial charge in [0.05, 0.1) is 17.1 Å². The van der Waals surface area contributed by atoms with Crippen molar-refractivity contribution in [2.45, 2.75) is 33.6 Å². The summed E-state index contributed by atoms with van der Waals surface area (Å²) >= 11 is 0. The van der Waals surface area contributed by atoms with E-state index >= 15 is 0 Å². The van der Waals surface area contributed by atoms with E-state index in [2.05, 4.69) is 10.3 Å². The third-order valence-electron chi connectivity index (χ3n) is 4.62. The summed E-state index contributed by atoms with van der Waals surface area (Å²) in [6, 6.07) is 9.52. The fourth-order valence-corrected chi connectivity index (χ4v) is 3.30. The van der Waals surface area contributed by atoms with Crippen molar-refractivity contribution >= 4 is 28.4 Å². The SMILES string of the molecule is CC(C)(C)C(=O)N1CCCC(C(=O)Nc2cccc3ncccc23)C1. The molecule has 25 heavy (non-hydrogen) atoms. The minimum absolute atomic E-state index is 0.0252. The summed E-state index contributed by atoms with van der Waals surface area (Å²) in [5, 5.41) is 3.96. The van der Waals surface area contributed by atoms with Gasteiger partial charge in [-0.3, -0.25) is 14.6 Å². The summed E-state index contributed by atoms with van der Waals surface area (Å²) < 4.78 is 0. The van der Waals surface area contributed by atoms with E-state index in [9.17, 15) is 9.59 Å². The first-order valence-corrected chi connectivity index (χ1v) is 8.80. The number of nitrogens with one attached hydrogen (secondary N) is 1. The van der Waals surface area contributed by atoms with Crippen LogP contribution in [-0.4, -0.2) is 34.8 Å². The first-order valence-electron chi connectivity index (χ1n) is 8.80. The molecule has 2 amide bonds. The van der Waals surface area contributed by atoms with Gasteiger partial charge in [0, 0.05) is 30.1 Å². The molecular weight excluding hydrogens is 314 g/mol. The number of nitrogens with zero attached hydrogens (tertiary/aromatic N) is 2. The van der Waals surface area contributed by atoms with Gasteiger partial charge in [0.25, 0.3) is 0 Å². The highest BCUT2D eigenvalue weighted by atomic mass is 16.2. The third-order valence-corrected chi connectivity index (χ3v) is 4.62. The highest BCUT2D eigenvalue weighted by molar-refractivity contribution is 6.02. The van der Waals surface area contributed by atoms with E-state index in [-0.39, 0.29) is 17.7 Å². The summed E-state index contributed by atoms with van der Waals surface area (Å²) in [7, 11) is 0. The number of hydrogen-bond donors (Lipinski definition) is 1. The molecule has 3 rings (SSSR count). The van der Waals surface area contributed by atoms with Crippen LogP contribution in [0.4, 0.5) is 5.69 Å². The smallest absolute Gasteiger partial charge is 0.229 e. The van der Waals surface area contributed by atoms with Crippen molar-refractivity contribution in [3.8, 4) is 0 Å². The summed E-state index contributed by atoms with van der Waals surface area (Å²) in [6.45, 7) is 6.98. The zero-order valence-corrected chi connectivity index (χ0v) is 15.1. The molecule has 1 aliphatic rings. The molecule has 1 aromatic carbocycles. The van der Waals surface area contributed by atoms with E-state index in [0.29, 0.717) is 6.54 Å². The summed E-state index contributed by atoms with van der Waals surface area (Å²) in [5.74, 6) is -0.0888. The van der Waals surface area contributed by atoms with Crippen LogP contribution in [0.2, 0.25) is 0 Å². The van der Waals surface area contributed by atoms with Gasteiger partial charge in [-0.1, -0.05) is 26.8 Å². The number of fused-ring (bicyclic) bond motifs is 1. The average molecular weight is 339 g/mol. The van der Waals surface area contributed by atoms with Gasteiger partial charge >= 0.3 is 0 Å². The molecule has 1 aliphatic heterocycles. The molecule has 1 saturated heterocycles. The number of benzene rings is 1. The van der Waals surface area contributed by atoms with E-state index in [4.69, 9.17) is 0 Å².